The van der Waals surface area contributed by atoms with E-state index < -0.39 is 0 Å². The second-order valence-electron chi connectivity index (χ2n) is 6.66. The SMILES string of the molecule is Cn1c(CCC(=O)OCc2cc3c(cc2Br)OCCO3)nc2ccccc2c1=O. The van der Waals surface area contributed by atoms with Gasteiger partial charge in [-0.1, -0.05) is 28.1 Å². The highest BCUT2D eigenvalue weighted by Crippen LogP contribution is 2.35. The van der Waals surface area contributed by atoms with Gasteiger partial charge in [-0.05, 0) is 24.3 Å². The summed E-state index contributed by atoms with van der Waals surface area (Å²) in [6.45, 7) is 1.12. The molecule has 0 bridgehead atoms. The van der Waals surface area contributed by atoms with Crippen LogP contribution in [-0.4, -0.2) is 28.7 Å². The third-order valence-corrected chi connectivity index (χ3v) is 5.47. The Morgan fingerprint density at radius 2 is 1.93 bits per heavy atom. The molecule has 0 atom stereocenters. The van der Waals surface area contributed by atoms with Crippen LogP contribution in [0.3, 0.4) is 0 Å². The van der Waals surface area contributed by atoms with E-state index in [1.54, 1.807) is 31.3 Å². The van der Waals surface area contributed by atoms with Gasteiger partial charge in [0.1, 0.15) is 25.6 Å². The van der Waals surface area contributed by atoms with E-state index in [0.29, 0.717) is 47.9 Å². The number of carbonyl (C=O) groups is 1. The van der Waals surface area contributed by atoms with Crippen LogP contribution in [0.4, 0.5) is 0 Å². The minimum absolute atomic E-state index is 0.111. The number of hydrogen-bond acceptors (Lipinski definition) is 6. The maximum Gasteiger partial charge on any atom is 0.306 e. The molecule has 0 saturated heterocycles. The molecule has 2 aromatic carbocycles. The first kappa shape index (κ1) is 19.4. The van der Waals surface area contributed by atoms with E-state index in [-0.39, 0.29) is 24.6 Å². The van der Waals surface area contributed by atoms with Gasteiger partial charge in [0.25, 0.3) is 5.56 Å². The van der Waals surface area contributed by atoms with Crippen LogP contribution < -0.4 is 15.0 Å². The molecule has 0 N–H and O–H groups in total. The lowest BCUT2D eigenvalue weighted by Gasteiger charge is -2.19. The molecule has 1 aromatic heterocycles. The van der Waals surface area contributed by atoms with E-state index in [9.17, 15) is 9.59 Å². The molecule has 1 aliphatic rings. The Bertz CT molecular complexity index is 1140. The molecule has 7 nitrogen and oxygen atoms in total. The van der Waals surface area contributed by atoms with Crippen LogP contribution in [0.25, 0.3) is 10.9 Å². The number of nitrogens with zero attached hydrogens (tertiary/aromatic N) is 2. The largest absolute Gasteiger partial charge is 0.486 e. The molecule has 2 heterocycles. The Balaban J connectivity index is 1.40. The Kier molecular flexibility index (Phi) is 5.53. The summed E-state index contributed by atoms with van der Waals surface area (Å²) in [4.78, 5) is 29.2. The molecule has 0 aliphatic carbocycles. The summed E-state index contributed by atoms with van der Waals surface area (Å²) in [5.41, 5.74) is 1.29. The van der Waals surface area contributed by atoms with E-state index in [1.807, 2.05) is 12.1 Å². The Labute approximate surface area is 175 Å². The third kappa shape index (κ3) is 4.12. The molecule has 3 aromatic rings. The number of aromatic nitrogens is 2. The molecule has 0 amide bonds. The number of ether oxygens (including phenoxy) is 3. The molecular formula is C21H19BrN2O5. The number of rotatable bonds is 5. The molecule has 8 heteroatoms. The van der Waals surface area contributed by atoms with Crippen LogP contribution in [0.5, 0.6) is 11.5 Å². The van der Waals surface area contributed by atoms with Crippen molar-refractivity contribution in [3.05, 3.63) is 62.6 Å². The molecule has 0 fully saturated rings. The highest BCUT2D eigenvalue weighted by atomic mass is 79.9. The maximum absolute atomic E-state index is 12.4. The van der Waals surface area contributed by atoms with Crippen molar-refractivity contribution in [1.82, 2.24) is 9.55 Å². The third-order valence-electron chi connectivity index (χ3n) is 4.73. The van der Waals surface area contributed by atoms with Crippen molar-refractivity contribution in [2.45, 2.75) is 19.4 Å². The van der Waals surface area contributed by atoms with Crippen LogP contribution in [0.1, 0.15) is 17.8 Å². The number of hydrogen-bond donors (Lipinski definition) is 0. The zero-order valence-corrected chi connectivity index (χ0v) is 17.4. The van der Waals surface area contributed by atoms with Gasteiger partial charge in [-0.2, -0.15) is 0 Å². The molecule has 0 saturated carbocycles. The van der Waals surface area contributed by atoms with Gasteiger partial charge in [0.15, 0.2) is 11.5 Å². The number of fused-ring (bicyclic) bond motifs is 2. The summed E-state index contributed by atoms with van der Waals surface area (Å²) in [5.74, 6) is 1.49. The topological polar surface area (TPSA) is 79.7 Å². The smallest absolute Gasteiger partial charge is 0.306 e. The monoisotopic (exact) mass is 458 g/mol. The number of halogens is 1. The van der Waals surface area contributed by atoms with Gasteiger partial charge in [-0.3, -0.25) is 14.2 Å². The van der Waals surface area contributed by atoms with Crippen LogP contribution in [0, 0.1) is 0 Å². The molecule has 1 aliphatic heterocycles. The normalized spacial score (nSPS) is 12.8. The van der Waals surface area contributed by atoms with Crippen LogP contribution in [0.15, 0.2) is 45.7 Å². The van der Waals surface area contributed by atoms with E-state index in [1.165, 1.54) is 4.57 Å². The highest BCUT2D eigenvalue weighted by Gasteiger charge is 2.16. The summed E-state index contributed by atoms with van der Waals surface area (Å²) in [7, 11) is 1.66. The summed E-state index contributed by atoms with van der Waals surface area (Å²) < 4.78 is 18.8. The van der Waals surface area contributed by atoms with E-state index in [4.69, 9.17) is 14.2 Å². The van der Waals surface area contributed by atoms with E-state index in [2.05, 4.69) is 20.9 Å². The lowest BCUT2D eigenvalue weighted by molar-refractivity contribution is -0.144. The quantitative estimate of drug-likeness (QED) is 0.546. The Hall–Kier alpha value is -2.87. The van der Waals surface area contributed by atoms with Crippen molar-refractivity contribution in [2.75, 3.05) is 13.2 Å². The van der Waals surface area contributed by atoms with Gasteiger partial charge < -0.3 is 14.2 Å². The van der Waals surface area contributed by atoms with Gasteiger partial charge in [-0.25, -0.2) is 4.98 Å². The number of carbonyl (C=O) groups excluding carboxylic acids is 1. The molecule has 0 unspecified atom stereocenters. The zero-order chi connectivity index (χ0) is 20.4. The Morgan fingerprint density at radius 3 is 2.72 bits per heavy atom. The summed E-state index contributed by atoms with van der Waals surface area (Å²) in [6, 6.07) is 10.8. The van der Waals surface area contributed by atoms with Gasteiger partial charge in [0.2, 0.25) is 0 Å². The predicted octanol–water partition coefficient (Wildman–Crippen LogP) is 3.14. The molecular weight excluding hydrogens is 440 g/mol. The van der Waals surface area contributed by atoms with E-state index >= 15 is 0 Å². The zero-order valence-electron chi connectivity index (χ0n) is 15.8. The molecule has 4 rings (SSSR count). The molecule has 150 valence electrons. The number of para-hydroxylation sites is 1. The number of esters is 1. The lowest BCUT2D eigenvalue weighted by atomic mass is 10.2. The van der Waals surface area contributed by atoms with Gasteiger partial charge in [-0.15, -0.1) is 0 Å². The fraction of sp³-hybridized carbons (Fsp3) is 0.286. The lowest BCUT2D eigenvalue weighted by Crippen LogP contribution is -2.23. The molecule has 0 radical (unpaired) electrons. The first-order chi connectivity index (χ1) is 14.0. The second kappa shape index (κ2) is 8.24. The van der Waals surface area contributed by atoms with Gasteiger partial charge in [0, 0.05) is 23.5 Å². The van der Waals surface area contributed by atoms with Crippen molar-refractivity contribution < 1.29 is 19.0 Å². The fourth-order valence-electron chi connectivity index (χ4n) is 3.15. The van der Waals surface area contributed by atoms with Gasteiger partial charge in [0.05, 0.1) is 17.3 Å². The van der Waals surface area contributed by atoms with Gasteiger partial charge >= 0.3 is 5.97 Å². The highest BCUT2D eigenvalue weighted by molar-refractivity contribution is 9.10. The number of aryl methyl sites for hydroxylation is 1. The van der Waals surface area contributed by atoms with Crippen molar-refractivity contribution in [1.29, 1.82) is 0 Å². The fourth-order valence-corrected chi connectivity index (χ4v) is 3.59. The second-order valence-corrected chi connectivity index (χ2v) is 7.51. The minimum Gasteiger partial charge on any atom is -0.486 e. The van der Waals surface area contributed by atoms with Crippen molar-refractivity contribution in [3.8, 4) is 11.5 Å². The summed E-state index contributed by atoms with van der Waals surface area (Å²) in [6.07, 6.45) is 0.443. The summed E-state index contributed by atoms with van der Waals surface area (Å²) >= 11 is 3.47. The van der Waals surface area contributed by atoms with Crippen molar-refractivity contribution in [3.63, 3.8) is 0 Å². The average Bonchev–Trinajstić information content (AvgIpc) is 2.73. The van der Waals surface area contributed by atoms with Crippen LogP contribution in [-0.2, 0) is 29.6 Å². The Morgan fingerprint density at radius 1 is 1.21 bits per heavy atom. The first-order valence-corrected chi connectivity index (χ1v) is 10.0. The molecule has 0 spiro atoms. The summed E-state index contributed by atoms with van der Waals surface area (Å²) in [5, 5.41) is 0.560. The standard InChI is InChI=1S/C21H19BrN2O5/c1-24-19(23-16-5-3-2-4-14(16)21(24)26)6-7-20(25)29-12-13-10-17-18(11-15(13)22)28-9-8-27-17/h2-5,10-11H,6-9,12H2,1H3. The average molecular weight is 459 g/mol. The first-order valence-electron chi connectivity index (χ1n) is 9.21. The van der Waals surface area contributed by atoms with Crippen LogP contribution >= 0.6 is 15.9 Å². The number of benzene rings is 2. The minimum atomic E-state index is -0.366. The van der Waals surface area contributed by atoms with Crippen molar-refractivity contribution >= 4 is 32.8 Å². The predicted molar refractivity (Wildman–Crippen MR) is 110 cm³/mol. The maximum atomic E-state index is 12.4. The van der Waals surface area contributed by atoms with Crippen LogP contribution in [0.2, 0.25) is 0 Å². The van der Waals surface area contributed by atoms with Crippen molar-refractivity contribution in [2.24, 2.45) is 7.05 Å². The molecule has 29 heavy (non-hydrogen) atoms. The van der Waals surface area contributed by atoms with E-state index in [0.717, 1.165) is 10.0 Å².